The Morgan fingerprint density at radius 2 is 2.00 bits per heavy atom. The van der Waals surface area contributed by atoms with Crippen LogP contribution in [0.4, 0.5) is 0 Å². The van der Waals surface area contributed by atoms with Gasteiger partial charge >= 0.3 is 0 Å². The van der Waals surface area contributed by atoms with E-state index in [-0.39, 0.29) is 11.1 Å². The van der Waals surface area contributed by atoms with E-state index in [1.54, 1.807) is 35.2 Å². The molecule has 3 heterocycles. The second-order valence-corrected chi connectivity index (χ2v) is 7.52. The molecular weight excluding hydrogens is 330 g/mol. The van der Waals surface area contributed by atoms with E-state index < -0.39 is 0 Å². The van der Waals surface area contributed by atoms with Crippen LogP contribution in [0.2, 0.25) is 0 Å². The molecule has 118 valence electrons. The first-order chi connectivity index (χ1) is 11.1. The fraction of sp³-hybridized carbons (Fsp3) is 0.267. The number of benzene rings is 1. The molecule has 4 rings (SSSR count). The van der Waals surface area contributed by atoms with Gasteiger partial charge < -0.3 is 10.5 Å². The SMILES string of the molecule is CC(C)c1csc(-c2nnc3n2NC(c2ccc(O)cc2)S3)n1. The third kappa shape index (κ3) is 2.57. The fourth-order valence-electron chi connectivity index (χ4n) is 2.30. The highest BCUT2D eigenvalue weighted by atomic mass is 32.2. The van der Waals surface area contributed by atoms with E-state index in [0.29, 0.717) is 5.92 Å². The van der Waals surface area contributed by atoms with Gasteiger partial charge in [0.05, 0.1) is 5.69 Å². The lowest BCUT2D eigenvalue weighted by molar-refractivity contribution is 0.475. The summed E-state index contributed by atoms with van der Waals surface area (Å²) in [6, 6.07) is 7.18. The molecule has 1 atom stereocenters. The van der Waals surface area contributed by atoms with Gasteiger partial charge in [-0.2, -0.15) is 0 Å². The zero-order valence-electron chi connectivity index (χ0n) is 12.6. The van der Waals surface area contributed by atoms with Crippen LogP contribution in [0.5, 0.6) is 5.75 Å². The number of rotatable bonds is 3. The van der Waals surface area contributed by atoms with Crippen LogP contribution in [0.15, 0.2) is 34.8 Å². The summed E-state index contributed by atoms with van der Waals surface area (Å²) in [7, 11) is 0. The molecule has 2 aromatic heterocycles. The van der Waals surface area contributed by atoms with Crippen molar-refractivity contribution in [3.05, 3.63) is 40.9 Å². The van der Waals surface area contributed by atoms with Crippen molar-refractivity contribution >= 4 is 23.1 Å². The molecule has 1 aliphatic heterocycles. The Kier molecular flexibility index (Phi) is 3.50. The first-order valence-corrected chi connectivity index (χ1v) is 9.01. The molecule has 8 heteroatoms. The van der Waals surface area contributed by atoms with E-state index in [4.69, 9.17) is 0 Å². The predicted octanol–water partition coefficient (Wildman–Crippen LogP) is 3.58. The molecule has 0 saturated heterocycles. The minimum atomic E-state index is 0.0457. The maximum absolute atomic E-state index is 9.41. The number of nitrogens with one attached hydrogen (secondary N) is 1. The van der Waals surface area contributed by atoms with E-state index in [2.05, 4.69) is 39.8 Å². The molecule has 0 radical (unpaired) electrons. The molecule has 23 heavy (non-hydrogen) atoms. The lowest BCUT2D eigenvalue weighted by Gasteiger charge is -2.11. The summed E-state index contributed by atoms with van der Waals surface area (Å²) in [5, 5.41) is 21.7. The van der Waals surface area contributed by atoms with Gasteiger partial charge in [-0.3, -0.25) is 0 Å². The van der Waals surface area contributed by atoms with Crippen LogP contribution in [0.3, 0.4) is 0 Å². The number of hydrogen-bond acceptors (Lipinski definition) is 7. The van der Waals surface area contributed by atoms with Crippen molar-refractivity contribution in [3.8, 4) is 16.6 Å². The van der Waals surface area contributed by atoms with Gasteiger partial charge in [0.15, 0.2) is 5.01 Å². The van der Waals surface area contributed by atoms with Crippen LogP contribution < -0.4 is 5.43 Å². The van der Waals surface area contributed by atoms with Gasteiger partial charge in [-0.05, 0) is 23.6 Å². The number of aromatic hydroxyl groups is 1. The van der Waals surface area contributed by atoms with Crippen LogP contribution >= 0.6 is 23.1 Å². The van der Waals surface area contributed by atoms with E-state index in [9.17, 15) is 5.11 Å². The molecule has 0 saturated carbocycles. The Balaban J connectivity index is 1.62. The maximum atomic E-state index is 9.41. The third-order valence-electron chi connectivity index (χ3n) is 3.60. The van der Waals surface area contributed by atoms with Gasteiger partial charge in [0.2, 0.25) is 11.0 Å². The summed E-state index contributed by atoms with van der Waals surface area (Å²) in [5.41, 5.74) is 5.54. The van der Waals surface area contributed by atoms with E-state index in [0.717, 1.165) is 27.2 Å². The standard InChI is InChI=1S/C15H15N5OS2/c1-8(2)11-7-22-14(16-11)12-17-18-15-20(12)19-13(23-15)9-3-5-10(21)6-4-9/h3-8,13,19,21H,1-2H3. The van der Waals surface area contributed by atoms with Gasteiger partial charge in [-0.15, -0.1) is 21.5 Å². The number of thioether (sulfide) groups is 1. The van der Waals surface area contributed by atoms with Gasteiger partial charge in [0.1, 0.15) is 11.1 Å². The topological polar surface area (TPSA) is 75.9 Å². The largest absolute Gasteiger partial charge is 0.508 e. The lowest BCUT2D eigenvalue weighted by atomic mass is 10.2. The summed E-state index contributed by atoms with van der Waals surface area (Å²) < 4.78 is 1.89. The summed E-state index contributed by atoms with van der Waals surface area (Å²) in [6.07, 6.45) is 0. The summed E-state index contributed by atoms with van der Waals surface area (Å²) in [6.45, 7) is 4.25. The normalized spacial score (nSPS) is 16.6. The number of nitrogens with zero attached hydrogens (tertiary/aromatic N) is 4. The molecule has 3 aromatic rings. The van der Waals surface area contributed by atoms with Crippen LogP contribution in [0, 0.1) is 0 Å². The Morgan fingerprint density at radius 1 is 1.22 bits per heavy atom. The highest BCUT2D eigenvalue weighted by Gasteiger charge is 2.29. The minimum Gasteiger partial charge on any atom is -0.508 e. The minimum absolute atomic E-state index is 0.0457. The lowest BCUT2D eigenvalue weighted by Crippen LogP contribution is -2.13. The number of aromatic nitrogens is 4. The van der Waals surface area contributed by atoms with Crippen LogP contribution in [-0.4, -0.2) is 25.0 Å². The average molecular weight is 345 g/mol. The van der Waals surface area contributed by atoms with Crippen LogP contribution in [-0.2, 0) is 0 Å². The smallest absolute Gasteiger partial charge is 0.212 e. The summed E-state index contributed by atoms with van der Waals surface area (Å²) in [5.74, 6) is 1.40. The molecule has 1 aromatic carbocycles. The van der Waals surface area contributed by atoms with Crippen molar-refractivity contribution in [2.45, 2.75) is 30.3 Å². The first kappa shape index (κ1) is 14.5. The molecule has 0 bridgehead atoms. The highest BCUT2D eigenvalue weighted by Crippen LogP contribution is 2.40. The highest BCUT2D eigenvalue weighted by molar-refractivity contribution is 7.99. The van der Waals surface area contributed by atoms with Crippen molar-refractivity contribution in [1.82, 2.24) is 19.9 Å². The molecule has 0 spiro atoms. The second-order valence-electron chi connectivity index (χ2n) is 5.59. The maximum Gasteiger partial charge on any atom is 0.212 e. The Hall–Kier alpha value is -2.06. The number of phenols is 1. The van der Waals surface area contributed by atoms with Crippen molar-refractivity contribution in [1.29, 1.82) is 0 Å². The van der Waals surface area contributed by atoms with Crippen molar-refractivity contribution in [3.63, 3.8) is 0 Å². The third-order valence-corrected chi connectivity index (χ3v) is 5.55. The van der Waals surface area contributed by atoms with Crippen molar-refractivity contribution in [2.75, 3.05) is 5.43 Å². The molecule has 0 amide bonds. The first-order valence-electron chi connectivity index (χ1n) is 7.25. The number of thiazole rings is 1. The Labute approximate surface area is 141 Å². The molecule has 1 unspecified atom stereocenters. The predicted molar refractivity (Wildman–Crippen MR) is 91.3 cm³/mol. The quantitative estimate of drug-likeness (QED) is 0.756. The number of phenolic OH excluding ortho intramolecular Hbond substituents is 1. The zero-order valence-corrected chi connectivity index (χ0v) is 14.2. The van der Waals surface area contributed by atoms with Crippen LogP contribution in [0.1, 0.15) is 36.4 Å². The summed E-state index contributed by atoms with van der Waals surface area (Å²) >= 11 is 3.18. The summed E-state index contributed by atoms with van der Waals surface area (Å²) in [4.78, 5) is 4.65. The molecule has 0 fully saturated rings. The van der Waals surface area contributed by atoms with E-state index >= 15 is 0 Å². The molecule has 6 nitrogen and oxygen atoms in total. The number of hydrogen-bond donors (Lipinski definition) is 2. The van der Waals surface area contributed by atoms with Gasteiger partial charge in [-0.25, -0.2) is 9.66 Å². The van der Waals surface area contributed by atoms with Crippen LogP contribution in [0.25, 0.3) is 10.8 Å². The molecule has 1 aliphatic rings. The number of fused-ring (bicyclic) bond motifs is 1. The van der Waals surface area contributed by atoms with Crippen molar-refractivity contribution < 1.29 is 5.11 Å². The van der Waals surface area contributed by atoms with Gasteiger partial charge in [0, 0.05) is 5.38 Å². The Bertz CT molecular complexity index is 840. The average Bonchev–Trinajstić information content (AvgIpc) is 3.22. The fourth-order valence-corrected chi connectivity index (χ4v) is 4.24. The van der Waals surface area contributed by atoms with Gasteiger partial charge in [-0.1, -0.05) is 37.7 Å². The zero-order chi connectivity index (χ0) is 16.0. The Morgan fingerprint density at radius 3 is 2.70 bits per heavy atom. The monoisotopic (exact) mass is 345 g/mol. The molecule has 0 aliphatic carbocycles. The molecule has 2 N–H and O–H groups in total. The van der Waals surface area contributed by atoms with Gasteiger partial charge in [0.25, 0.3) is 0 Å². The molecular formula is C15H15N5OS2. The second kappa shape index (κ2) is 5.54. The van der Waals surface area contributed by atoms with E-state index in [1.165, 1.54) is 0 Å². The van der Waals surface area contributed by atoms with E-state index in [1.807, 2.05) is 16.8 Å². The van der Waals surface area contributed by atoms with Crippen molar-refractivity contribution in [2.24, 2.45) is 0 Å².